The Balaban J connectivity index is 2.95. The molecule has 0 spiro atoms. The third kappa shape index (κ3) is 1.52. The van der Waals surface area contributed by atoms with Crippen LogP contribution in [-0.2, 0) is 0 Å². The minimum absolute atomic E-state index is 0.299. The third-order valence-corrected chi connectivity index (χ3v) is 2.40. The Hall–Kier alpha value is -1.09. The summed E-state index contributed by atoms with van der Waals surface area (Å²) in [6, 6.07) is 7.07. The molecule has 0 radical (unpaired) electrons. The Morgan fingerprint density at radius 2 is 2.08 bits per heavy atom. The van der Waals surface area contributed by atoms with Crippen LogP contribution in [0.15, 0.2) is 37.9 Å². The van der Waals surface area contributed by atoms with E-state index in [0.717, 1.165) is 15.4 Å². The van der Waals surface area contributed by atoms with Gasteiger partial charge in [-0.05, 0) is 30.7 Å². The molecule has 2 aromatic rings. The predicted molar refractivity (Wildman–Crippen MR) is 54.9 cm³/mol. The topological polar surface area (TPSA) is 30.2 Å². The van der Waals surface area contributed by atoms with Crippen LogP contribution >= 0.6 is 15.9 Å². The van der Waals surface area contributed by atoms with Gasteiger partial charge in [0, 0.05) is 15.9 Å². The van der Waals surface area contributed by atoms with Gasteiger partial charge < -0.3 is 4.42 Å². The van der Waals surface area contributed by atoms with Crippen LogP contribution in [0.2, 0.25) is 0 Å². The highest BCUT2D eigenvalue weighted by Gasteiger charge is 2.01. The van der Waals surface area contributed by atoms with E-state index in [-0.39, 0.29) is 5.63 Å². The van der Waals surface area contributed by atoms with E-state index in [1.807, 2.05) is 19.1 Å². The molecule has 0 saturated heterocycles. The van der Waals surface area contributed by atoms with Crippen LogP contribution < -0.4 is 5.63 Å². The number of hydrogen-bond donors (Lipinski definition) is 0. The zero-order chi connectivity index (χ0) is 9.42. The van der Waals surface area contributed by atoms with Crippen molar-refractivity contribution in [3.8, 4) is 0 Å². The number of hydrogen-bond acceptors (Lipinski definition) is 2. The molecule has 2 nitrogen and oxygen atoms in total. The van der Waals surface area contributed by atoms with Gasteiger partial charge in [-0.3, -0.25) is 0 Å². The van der Waals surface area contributed by atoms with Gasteiger partial charge in [-0.1, -0.05) is 15.9 Å². The van der Waals surface area contributed by atoms with Crippen molar-refractivity contribution in [3.63, 3.8) is 0 Å². The van der Waals surface area contributed by atoms with E-state index in [1.54, 1.807) is 6.07 Å². The van der Waals surface area contributed by atoms with Crippen molar-refractivity contribution in [2.45, 2.75) is 6.92 Å². The predicted octanol–water partition coefficient (Wildman–Crippen LogP) is 2.86. The average molecular weight is 239 g/mol. The second-order valence-electron chi connectivity index (χ2n) is 2.89. The first-order chi connectivity index (χ1) is 6.16. The summed E-state index contributed by atoms with van der Waals surface area (Å²) in [5.74, 6) is 0. The standard InChI is InChI=1S/C10H7BrO2/c1-6-4-10(12)13-9-3-2-7(11)5-8(6)9/h2-5H,1H3. The minimum Gasteiger partial charge on any atom is -0.423 e. The highest BCUT2D eigenvalue weighted by atomic mass is 79.9. The molecule has 66 valence electrons. The van der Waals surface area contributed by atoms with Crippen molar-refractivity contribution in [1.29, 1.82) is 0 Å². The summed E-state index contributed by atoms with van der Waals surface area (Å²) in [7, 11) is 0. The van der Waals surface area contributed by atoms with Crippen LogP contribution in [0, 0.1) is 6.92 Å². The maximum Gasteiger partial charge on any atom is 0.336 e. The van der Waals surface area contributed by atoms with Crippen molar-refractivity contribution < 1.29 is 4.42 Å². The summed E-state index contributed by atoms with van der Waals surface area (Å²) >= 11 is 3.37. The van der Waals surface area contributed by atoms with Gasteiger partial charge in [0.05, 0.1) is 0 Å². The van der Waals surface area contributed by atoms with Gasteiger partial charge in [0.25, 0.3) is 0 Å². The lowest BCUT2D eigenvalue weighted by Crippen LogP contribution is -1.97. The molecule has 0 aliphatic rings. The first-order valence-corrected chi connectivity index (χ1v) is 4.66. The Bertz CT molecular complexity index is 514. The zero-order valence-electron chi connectivity index (χ0n) is 7.00. The normalized spacial score (nSPS) is 10.6. The Kier molecular flexibility index (Phi) is 1.96. The first-order valence-electron chi connectivity index (χ1n) is 3.87. The lowest BCUT2D eigenvalue weighted by Gasteiger charge is -1.99. The van der Waals surface area contributed by atoms with Gasteiger partial charge in [0.15, 0.2) is 0 Å². The molecule has 0 atom stereocenters. The molecule has 0 saturated carbocycles. The lowest BCUT2D eigenvalue weighted by molar-refractivity contribution is 0.560. The maximum atomic E-state index is 11.0. The van der Waals surface area contributed by atoms with Crippen LogP contribution in [0.5, 0.6) is 0 Å². The summed E-state index contributed by atoms with van der Waals surface area (Å²) in [5, 5.41) is 0.967. The van der Waals surface area contributed by atoms with E-state index >= 15 is 0 Å². The monoisotopic (exact) mass is 238 g/mol. The number of fused-ring (bicyclic) bond motifs is 1. The highest BCUT2D eigenvalue weighted by Crippen LogP contribution is 2.20. The number of halogens is 1. The number of benzene rings is 1. The Labute approximate surface area is 83.3 Å². The number of aryl methyl sites for hydroxylation is 1. The molecular formula is C10H7BrO2. The summed E-state index contributed by atoms with van der Waals surface area (Å²) in [6.45, 7) is 1.89. The first kappa shape index (κ1) is 8.51. The SMILES string of the molecule is Cc1cc(=O)oc2ccc(Br)cc12. The van der Waals surface area contributed by atoms with Crippen molar-refractivity contribution in [3.05, 3.63) is 44.7 Å². The summed E-state index contributed by atoms with van der Waals surface area (Å²) in [6.07, 6.45) is 0. The van der Waals surface area contributed by atoms with Crippen LogP contribution in [0.1, 0.15) is 5.56 Å². The molecule has 0 fully saturated rings. The van der Waals surface area contributed by atoms with E-state index in [1.165, 1.54) is 6.07 Å². The Morgan fingerprint density at radius 1 is 1.31 bits per heavy atom. The second-order valence-corrected chi connectivity index (χ2v) is 3.80. The fraction of sp³-hybridized carbons (Fsp3) is 0.100. The van der Waals surface area contributed by atoms with E-state index < -0.39 is 0 Å². The molecule has 13 heavy (non-hydrogen) atoms. The van der Waals surface area contributed by atoms with Crippen molar-refractivity contribution in [2.24, 2.45) is 0 Å². The van der Waals surface area contributed by atoms with Gasteiger partial charge in [-0.25, -0.2) is 4.79 Å². The average Bonchev–Trinajstić information content (AvgIpc) is 2.06. The quantitative estimate of drug-likeness (QED) is 0.661. The molecule has 1 aromatic heterocycles. The molecule has 1 aromatic carbocycles. The van der Waals surface area contributed by atoms with Crippen molar-refractivity contribution in [2.75, 3.05) is 0 Å². The minimum atomic E-state index is -0.299. The van der Waals surface area contributed by atoms with Gasteiger partial charge in [0.2, 0.25) is 0 Å². The fourth-order valence-corrected chi connectivity index (χ4v) is 1.65. The molecule has 0 aliphatic heterocycles. The molecule has 0 N–H and O–H groups in total. The van der Waals surface area contributed by atoms with Crippen LogP contribution in [0.4, 0.5) is 0 Å². The molecule has 0 unspecified atom stereocenters. The van der Waals surface area contributed by atoms with Crippen LogP contribution in [0.3, 0.4) is 0 Å². The molecule has 3 heteroatoms. The third-order valence-electron chi connectivity index (χ3n) is 1.91. The largest absolute Gasteiger partial charge is 0.423 e. The summed E-state index contributed by atoms with van der Waals surface area (Å²) in [5.41, 5.74) is 1.27. The van der Waals surface area contributed by atoms with Gasteiger partial charge in [-0.15, -0.1) is 0 Å². The molecular weight excluding hydrogens is 232 g/mol. The summed E-state index contributed by atoms with van der Waals surface area (Å²) in [4.78, 5) is 11.0. The molecule has 0 amide bonds. The number of rotatable bonds is 0. The van der Waals surface area contributed by atoms with E-state index in [9.17, 15) is 4.79 Å². The van der Waals surface area contributed by atoms with Gasteiger partial charge in [0.1, 0.15) is 5.58 Å². The molecule has 0 aliphatic carbocycles. The van der Waals surface area contributed by atoms with Gasteiger partial charge in [-0.2, -0.15) is 0 Å². The van der Waals surface area contributed by atoms with Gasteiger partial charge >= 0.3 is 5.63 Å². The van der Waals surface area contributed by atoms with E-state index in [2.05, 4.69) is 15.9 Å². The van der Waals surface area contributed by atoms with Crippen molar-refractivity contribution in [1.82, 2.24) is 0 Å². The van der Waals surface area contributed by atoms with E-state index in [4.69, 9.17) is 4.42 Å². The highest BCUT2D eigenvalue weighted by molar-refractivity contribution is 9.10. The molecule has 2 rings (SSSR count). The van der Waals surface area contributed by atoms with E-state index in [0.29, 0.717) is 5.58 Å². The second kappa shape index (κ2) is 3.00. The fourth-order valence-electron chi connectivity index (χ4n) is 1.29. The van der Waals surface area contributed by atoms with Crippen LogP contribution in [-0.4, -0.2) is 0 Å². The van der Waals surface area contributed by atoms with Crippen molar-refractivity contribution >= 4 is 26.9 Å². The zero-order valence-corrected chi connectivity index (χ0v) is 8.59. The van der Waals surface area contributed by atoms with Crippen LogP contribution in [0.25, 0.3) is 11.0 Å². The summed E-state index contributed by atoms with van der Waals surface area (Å²) < 4.78 is 6.00. The lowest BCUT2D eigenvalue weighted by atomic mass is 10.1. The smallest absolute Gasteiger partial charge is 0.336 e. The maximum absolute atomic E-state index is 11.0. The molecule has 1 heterocycles. The Morgan fingerprint density at radius 3 is 2.85 bits per heavy atom. The molecule has 0 bridgehead atoms.